The second-order valence-electron chi connectivity index (χ2n) is 6.16. The van der Waals surface area contributed by atoms with Crippen molar-refractivity contribution in [3.63, 3.8) is 0 Å². The summed E-state index contributed by atoms with van der Waals surface area (Å²) in [6.45, 7) is 2.24. The molecule has 4 aromatic rings. The van der Waals surface area contributed by atoms with Crippen molar-refractivity contribution < 1.29 is 9.21 Å². The smallest absolute Gasteiger partial charge is 0.307 e. The largest absolute Gasteiger partial charge is 0.436 e. The van der Waals surface area contributed by atoms with Crippen LogP contribution in [0.4, 0.5) is 5.69 Å². The summed E-state index contributed by atoms with van der Waals surface area (Å²) in [5, 5.41) is 4.64. The molecular weight excluding hydrogens is 362 g/mol. The highest BCUT2D eigenvalue weighted by Gasteiger charge is 2.09. The van der Waals surface area contributed by atoms with E-state index >= 15 is 0 Å². The fraction of sp³-hybridized carbons (Fsp3) is 0.150. The predicted molar refractivity (Wildman–Crippen MR) is 106 cm³/mol. The Kier molecular flexibility index (Phi) is 4.60. The zero-order valence-electron chi connectivity index (χ0n) is 14.6. The maximum absolute atomic E-state index is 12.1. The highest BCUT2D eigenvalue weighted by Crippen LogP contribution is 2.25. The molecule has 2 aromatic heterocycles. The Morgan fingerprint density at radius 2 is 1.96 bits per heavy atom. The minimum absolute atomic E-state index is 0.0389. The second kappa shape index (κ2) is 7.20. The van der Waals surface area contributed by atoms with Crippen LogP contribution in [0.25, 0.3) is 22.6 Å². The lowest BCUT2D eigenvalue weighted by molar-refractivity contribution is -0.116. The fourth-order valence-corrected chi connectivity index (χ4v) is 3.56. The van der Waals surface area contributed by atoms with Gasteiger partial charge in [-0.1, -0.05) is 23.5 Å². The molecule has 6 nitrogen and oxygen atoms in total. The van der Waals surface area contributed by atoms with Crippen LogP contribution in [0.2, 0.25) is 0 Å². The van der Waals surface area contributed by atoms with Crippen LogP contribution in [-0.4, -0.2) is 15.5 Å². The summed E-state index contributed by atoms with van der Waals surface area (Å²) in [5.41, 5.74) is 3.95. The number of aromatic nitrogens is 2. The lowest BCUT2D eigenvalue weighted by Gasteiger charge is -2.07. The number of nitrogens with one attached hydrogen (secondary N) is 1. The molecule has 0 aliphatic carbocycles. The Labute approximate surface area is 159 Å². The molecule has 0 saturated heterocycles. The quantitative estimate of drug-likeness (QED) is 0.567. The van der Waals surface area contributed by atoms with E-state index in [1.54, 1.807) is 9.95 Å². The van der Waals surface area contributed by atoms with E-state index in [1.807, 2.05) is 55.5 Å². The Balaban J connectivity index is 1.41. The third-order valence-corrected chi connectivity index (χ3v) is 5.13. The van der Waals surface area contributed by atoms with Crippen LogP contribution in [0.1, 0.15) is 12.1 Å². The number of nitrogens with zero attached hydrogens (tertiary/aromatic N) is 2. The van der Waals surface area contributed by atoms with E-state index in [4.69, 9.17) is 4.42 Å². The number of carbonyl (C=O) groups excluding carboxylic acids is 1. The number of hydrogen-bond acceptors (Lipinski definition) is 5. The number of para-hydroxylation sites is 2. The van der Waals surface area contributed by atoms with Crippen LogP contribution >= 0.6 is 11.3 Å². The number of benzene rings is 2. The number of fused-ring (bicyclic) bond motifs is 1. The minimum atomic E-state index is -0.137. The van der Waals surface area contributed by atoms with E-state index < -0.39 is 0 Å². The first-order chi connectivity index (χ1) is 13.1. The Morgan fingerprint density at radius 3 is 2.67 bits per heavy atom. The van der Waals surface area contributed by atoms with Gasteiger partial charge in [-0.15, -0.1) is 0 Å². The third-order valence-electron chi connectivity index (χ3n) is 4.25. The molecule has 0 aliphatic heterocycles. The Bertz CT molecular complexity index is 1120. The monoisotopic (exact) mass is 379 g/mol. The molecule has 0 unspecified atom stereocenters. The number of aryl methyl sites for hydroxylation is 1. The van der Waals surface area contributed by atoms with Crippen molar-refractivity contribution >= 4 is 34.0 Å². The van der Waals surface area contributed by atoms with Crippen molar-refractivity contribution in [2.75, 3.05) is 5.32 Å². The van der Waals surface area contributed by atoms with E-state index in [-0.39, 0.29) is 17.2 Å². The van der Waals surface area contributed by atoms with Gasteiger partial charge in [-0.3, -0.25) is 9.59 Å². The van der Waals surface area contributed by atoms with Gasteiger partial charge < -0.3 is 14.3 Å². The standard InChI is InChI=1S/C20H17N3O3S/c1-13-12-27-20(25)23(13)11-10-18(24)21-15-8-6-14(7-9-15)19-22-16-4-2-3-5-17(16)26-19/h2-9,12H,10-11H2,1H3,(H,21,24). The summed E-state index contributed by atoms with van der Waals surface area (Å²) in [6, 6.07) is 14.9. The number of anilines is 1. The molecule has 0 aliphatic rings. The molecule has 1 amide bonds. The van der Waals surface area contributed by atoms with Crippen molar-refractivity contribution in [3.05, 3.63) is 69.3 Å². The van der Waals surface area contributed by atoms with Crippen molar-refractivity contribution in [1.29, 1.82) is 0 Å². The van der Waals surface area contributed by atoms with Crippen LogP contribution in [0.5, 0.6) is 0 Å². The van der Waals surface area contributed by atoms with Gasteiger partial charge in [0.25, 0.3) is 0 Å². The molecule has 2 aromatic carbocycles. The van der Waals surface area contributed by atoms with Crippen molar-refractivity contribution in [3.8, 4) is 11.5 Å². The highest BCUT2D eigenvalue weighted by molar-refractivity contribution is 7.07. The number of amides is 1. The molecule has 0 spiro atoms. The van der Waals surface area contributed by atoms with Gasteiger partial charge in [0, 0.05) is 35.3 Å². The van der Waals surface area contributed by atoms with Crippen LogP contribution in [-0.2, 0) is 11.3 Å². The number of oxazole rings is 1. The normalized spacial score (nSPS) is 11.0. The van der Waals surface area contributed by atoms with Crippen LogP contribution in [0.3, 0.4) is 0 Å². The van der Waals surface area contributed by atoms with E-state index in [0.717, 1.165) is 33.7 Å². The molecule has 2 heterocycles. The highest BCUT2D eigenvalue weighted by atomic mass is 32.1. The van der Waals surface area contributed by atoms with E-state index in [2.05, 4.69) is 10.3 Å². The van der Waals surface area contributed by atoms with Gasteiger partial charge in [0.05, 0.1) is 0 Å². The molecular formula is C20H17N3O3S. The van der Waals surface area contributed by atoms with Gasteiger partial charge in [0.2, 0.25) is 11.8 Å². The molecule has 27 heavy (non-hydrogen) atoms. The van der Waals surface area contributed by atoms with Gasteiger partial charge in [0.1, 0.15) is 5.52 Å². The molecule has 4 rings (SSSR count). The number of carbonyl (C=O) groups is 1. The summed E-state index contributed by atoms with van der Waals surface area (Å²) >= 11 is 1.15. The van der Waals surface area contributed by atoms with Crippen LogP contribution < -0.4 is 10.2 Å². The second-order valence-corrected chi connectivity index (χ2v) is 6.98. The first-order valence-electron chi connectivity index (χ1n) is 8.51. The van der Waals surface area contributed by atoms with Crippen LogP contribution in [0.15, 0.2) is 63.1 Å². The molecule has 0 saturated carbocycles. The molecule has 1 N–H and O–H groups in total. The average molecular weight is 379 g/mol. The van der Waals surface area contributed by atoms with Gasteiger partial charge in [-0.25, -0.2) is 4.98 Å². The van der Waals surface area contributed by atoms with Crippen molar-refractivity contribution in [2.24, 2.45) is 0 Å². The summed E-state index contributed by atoms with van der Waals surface area (Å²) in [6.07, 6.45) is 0.240. The maximum Gasteiger partial charge on any atom is 0.307 e. The van der Waals surface area contributed by atoms with Gasteiger partial charge in [0.15, 0.2) is 5.58 Å². The Morgan fingerprint density at radius 1 is 1.19 bits per heavy atom. The predicted octanol–water partition coefficient (Wildman–Crippen LogP) is 4.06. The van der Waals surface area contributed by atoms with E-state index in [9.17, 15) is 9.59 Å². The van der Waals surface area contributed by atoms with Crippen molar-refractivity contribution in [1.82, 2.24) is 9.55 Å². The van der Waals surface area contributed by atoms with Crippen LogP contribution in [0, 0.1) is 6.92 Å². The molecule has 0 radical (unpaired) electrons. The average Bonchev–Trinajstić information content (AvgIpc) is 3.24. The number of thiazole rings is 1. The molecule has 136 valence electrons. The maximum atomic E-state index is 12.1. The Hall–Kier alpha value is -3.19. The zero-order valence-corrected chi connectivity index (χ0v) is 15.5. The summed E-state index contributed by atoms with van der Waals surface area (Å²) in [4.78, 5) is 28.3. The van der Waals surface area contributed by atoms with E-state index in [0.29, 0.717) is 18.1 Å². The molecule has 7 heteroatoms. The number of hydrogen-bond donors (Lipinski definition) is 1. The molecule has 0 fully saturated rings. The number of rotatable bonds is 5. The topological polar surface area (TPSA) is 77.1 Å². The summed E-state index contributed by atoms with van der Waals surface area (Å²) < 4.78 is 7.36. The van der Waals surface area contributed by atoms with Gasteiger partial charge in [-0.05, 0) is 43.3 Å². The van der Waals surface area contributed by atoms with Gasteiger partial charge >= 0.3 is 4.87 Å². The minimum Gasteiger partial charge on any atom is -0.436 e. The van der Waals surface area contributed by atoms with E-state index in [1.165, 1.54) is 0 Å². The fourth-order valence-electron chi connectivity index (χ4n) is 2.80. The first-order valence-corrected chi connectivity index (χ1v) is 9.39. The zero-order chi connectivity index (χ0) is 18.8. The molecule has 0 bridgehead atoms. The lowest BCUT2D eigenvalue weighted by atomic mass is 10.2. The molecule has 0 atom stereocenters. The SMILES string of the molecule is Cc1csc(=O)n1CCC(=O)Nc1ccc(-c2nc3ccccc3o2)cc1. The third kappa shape index (κ3) is 3.68. The van der Waals surface area contributed by atoms with Crippen molar-refractivity contribution in [2.45, 2.75) is 19.9 Å². The summed E-state index contributed by atoms with van der Waals surface area (Å²) in [5.74, 6) is 0.406. The first kappa shape index (κ1) is 17.2. The lowest BCUT2D eigenvalue weighted by Crippen LogP contribution is -2.20. The van der Waals surface area contributed by atoms with Gasteiger partial charge in [-0.2, -0.15) is 0 Å². The summed E-state index contributed by atoms with van der Waals surface area (Å²) in [7, 11) is 0.